The Morgan fingerprint density at radius 3 is 2.33 bits per heavy atom. The number of hydrogen-bond acceptors (Lipinski definition) is 6. The molecular formula is C32H31F2N5O4. The molecule has 4 rings (SSSR count). The van der Waals surface area contributed by atoms with Crippen LogP contribution in [0.2, 0.25) is 0 Å². The van der Waals surface area contributed by atoms with E-state index in [9.17, 15) is 28.0 Å². The predicted molar refractivity (Wildman–Crippen MR) is 159 cm³/mol. The third-order valence-corrected chi connectivity index (χ3v) is 7.01. The lowest BCUT2D eigenvalue weighted by atomic mass is 9.99. The van der Waals surface area contributed by atoms with Gasteiger partial charge in [0.05, 0.1) is 18.8 Å². The first-order valence-electron chi connectivity index (χ1n) is 13.4. The van der Waals surface area contributed by atoms with E-state index in [1.165, 1.54) is 39.9 Å². The van der Waals surface area contributed by atoms with Crippen LogP contribution in [0.25, 0.3) is 11.4 Å². The predicted octanol–water partition coefficient (Wildman–Crippen LogP) is 4.02. The minimum absolute atomic E-state index is 0.00577. The Hall–Kier alpha value is -5.03. The van der Waals surface area contributed by atoms with Gasteiger partial charge in [0.25, 0.3) is 11.5 Å². The van der Waals surface area contributed by atoms with Crippen LogP contribution >= 0.6 is 0 Å². The number of amides is 2. The van der Waals surface area contributed by atoms with E-state index in [1.807, 2.05) is 0 Å². The maximum absolute atomic E-state index is 14.8. The summed E-state index contributed by atoms with van der Waals surface area (Å²) < 4.78 is 29.5. The van der Waals surface area contributed by atoms with Gasteiger partial charge in [-0.15, -0.1) is 0 Å². The Kier molecular flexibility index (Phi) is 9.25. The van der Waals surface area contributed by atoms with Gasteiger partial charge < -0.3 is 15.5 Å². The zero-order valence-corrected chi connectivity index (χ0v) is 24.4. The summed E-state index contributed by atoms with van der Waals surface area (Å²) in [5.41, 5.74) is 1.15. The molecule has 1 atom stereocenters. The third kappa shape index (κ3) is 6.73. The Bertz CT molecular complexity index is 1770. The number of carbonyl (C=O) groups is 3. The average molecular weight is 588 g/mol. The maximum Gasteiger partial charge on any atom is 0.277 e. The molecule has 0 saturated heterocycles. The quantitative estimate of drug-likeness (QED) is 0.286. The van der Waals surface area contributed by atoms with E-state index in [1.54, 1.807) is 53.2 Å². The second kappa shape index (κ2) is 12.9. The van der Waals surface area contributed by atoms with E-state index in [4.69, 9.17) is 0 Å². The van der Waals surface area contributed by atoms with E-state index < -0.39 is 34.9 Å². The van der Waals surface area contributed by atoms with Crippen LogP contribution in [0.4, 0.5) is 14.5 Å². The number of nitrogens with one attached hydrogen (secondary N) is 2. The number of benzene rings is 3. The number of carbonyl (C=O) groups excluding carboxylic acids is 3. The van der Waals surface area contributed by atoms with E-state index in [0.29, 0.717) is 16.7 Å². The fourth-order valence-electron chi connectivity index (χ4n) is 4.49. The molecule has 0 aliphatic rings. The molecule has 4 aromatic rings. The molecule has 222 valence electrons. The molecule has 0 aliphatic heterocycles. The highest BCUT2D eigenvalue weighted by Crippen LogP contribution is 2.26. The summed E-state index contributed by atoms with van der Waals surface area (Å²) in [6.45, 7) is 3.13. The van der Waals surface area contributed by atoms with Crippen molar-refractivity contribution in [1.82, 2.24) is 19.8 Å². The van der Waals surface area contributed by atoms with Gasteiger partial charge in [-0.2, -0.15) is 0 Å². The Morgan fingerprint density at radius 1 is 0.977 bits per heavy atom. The van der Waals surface area contributed by atoms with E-state index in [-0.39, 0.29) is 40.7 Å². The second-order valence-corrected chi connectivity index (χ2v) is 10.2. The summed E-state index contributed by atoms with van der Waals surface area (Å²) in [6.07, 6.45) is 1.24. The summed E-state index contributed by atoms with van der Waals surface area (Å²) in [5, 5.41) is 5.37. The number of hydrogen-bond donors (Lipinski definition) is 2. The normalized spacial score (nSPS) is 11.6. The third-order valence-electron chi connectivity index (χ3n) is 7.01. The summed E-state index contributed by atoms with van der Waals surface area (Å²) in [7, 11) is 4.85. The SMILES string of the molecule is CNC(C)C(=O)Nc1cnc(-c2cccc(C(=O)N(C)C)c2C)n(Cc2cc(F)cc(C(=O)c3ccc(F)cc3)c2)c1=O. The minimum Gasteiger partial charge on any atom is -0.345 e. The monoisotopic (exact) mass is 587 g/mol. The topological polar surface area (TPSA) is 113 Å². The first kappa shape index (κ1) is 30.9. The van der Waals surface area contributed by atoms with Crippen molar-refractivity contribution in [3.8, 4) is 11.4 Å². The molecule has 0 fully saturated rings. The summed E-state index contributed by atoms with van der Waals surface area (Å²) in [5.74, 6) is -2.29. The van der Waals surface area contributed by atoms with E-state index >= 15 is 0 Å². The van der Waals surface area contributed by atoms with Crippen LogP contribution in [0.5, 0.6) is 0 Å². The zero-order valence-electron chi connectivity index (χ0n) is 24.4. The molecule has 3 aromatic carbocycles. The van der Waals surface area contributed by atoms with Crippen LogP contribution in [-0.2, 0) is 11.3 Å². The number of anilines is 1. The van der Waals surface area contributed by atoms with Gasteiger partial charge in [0, 0.05) is 36.3 Å². The zero-order chi connectivity index (χ0) is 31.4. The van der Waals surface area contributed by atoms with Gasteiger partial charge in [0.1, 0.15) is 23.1 Å². The molecule has 0 radical (unpaired) electrons. The highest BCUT2D eigenvalue weighted by molar-refractivity contribution is 6.09. The number of ketones is 1. The molecule has 0 spiro atoms. The number of halogens is 2. The van der Waals surface area contributed by atoms with E-state index in [0.717, 1.165) is 18.2 Å². The molecule has 11 heteroatoms. The molecule has 0 aliphatic carbocycles. The fraction of sp³-hybridized carbons (Fsp3) is 0.219. The number of nitrogens with zero attached hydrogens (tertiary/aromatic N) is 3. The molecule has 9 nitrogen and oxygen atoms in total. The molecular weight excluding hydrogens is 556 g/mol. The molecule has 2 amide bonds. The lowest BCUT2D eigenvalue weighted by molar-refractivity contribution is -0.117. The molecule has 2 N–H and O–H groups in total. The van der Waals surface area contributed by atoms with Gasteiger partial charge in [-0.25, -0.2) is 13.8 Å². The molecule has 1 unspecified atom stereocenters. The maximum atomic E-state index is 14.8. The van der Waals surface area contributed by atoms with Gasteiger partial charge in [0.15, 0.2) is 5.78 Å². The largest absolute Gasteiger partial charge is 0.345 e. The van der Waals surface area contributed by atoms with Crippen LogP contribution in [0.3, 0.4) is 0 Å². The summed E-state index contributed by atoms with van der Waals surface area (Å²) in [6, 6.07) is 13.0. The van der Waals surface area contributed by atoms with Crippen LogP contribution in [0.15, 0.2) is 71.7 Å². The standard InChI is InChI=1S/C32H31F2N5O4/c1-18-25(7-6-8-26(18)31(42)38(4)5)29-36-16-27(37-30(41)19(2)35-3)32(43)39(29)17-20-13-22(15-24(34)14-20)28(40)21-9-11-23(33)12-10-21/h6-16,19,35H,17H2,1-5H3,(H,37,41). The first-order valence-corrected chi connectivity index (χ1v) is 13.4. The molecule has 1 heterocycles. The van der Waals surface area contributed by atoms with Crippen molar-refractivity contribution in [2.75, 3.05) is 26.5 Å². The smallest absolute Gasteiger partial charge is 0.277 e. The van der Waals surface area contributed by atoms with Gasteiger partial charge in [-0.05, 0) is 80.6 Å². The molecule has 0 saturated carbocycles. The van der Waals surface area contributed by atoms with Crippen molar-refractivity contribution in [2.24, 2.45) is 0 Å². The fourth-order valence-corrected chi connectivity index (χ4v) is 4.49. The van der Waals surface area contributed by atoms with Crippen molar-refractivity contribution in [3.63, 3.8) is 0 Å². The summed E-state index contributed by atoms with van der Waals surface area (Å²) in [4.78, 5) is 58.2. The Morgan fingerprint density at radius 2 is 1.67 bits per heavy atom. The average Bonchev–Trinajstić information content (AvgIpc) is 2.98. The Labute approximate surface area is 247 Å². The molecule has 43 heavy (non-hydrogen) atoms. The van der Waals surface area contributed by atoms with Gasteiger partial charge in [-0.3, -0.25) is 23.7 Å². The second-order valence-electron chi connectivity index (χ2n) is 10.2. The molecule has 1 aromatic heterocycles. The minimum atomic E-state index is -0.715. The van der Waals surface area contributed by atoms with Crippen molar-refractivity contribution < 1.29 is 23.2 Å². The number of rotatable bonds is 9. The van der Waals surface area contributed by atoms with Crippen LogP contribution < -0.4 is 16.2 Å². The highest BCUT2D eigenvalue weighted by atomic mass is 19.1. The van der Waals surface area contributed by atoms with Crippen molar-refractivity contribution in [1.29, 1.82) is 0 Å². The first-order chi connectivity index (χ1) is 20.4. The van der Waals surface area contributed by atoms with Crippen molar-refractivity contribution in [3.05, 3.63) is 117 Å². The van der Waals surface area contributed by atoms with Gasteiger partial charge in [0.2, 0.25) is 5.91 Å². The van der Waals surface area contributed by atoms with E-state index in [2.05, 4.69) is 15.6 Å². The number of aromatic nitrogens is 2. The summed E-state index contributed by atoms with van der Waals surface area (Å²) >= 11 is 0. The van der Waals surface area contributed by atoms with Crippen molar-refractivity contribution in [2.45, 2.75) is 26.4 Å². The lowest BCUT2D eigenvalue weighted by Gasteiger charge is -2.19. The van der Waals surface area contributed by atoms with Crippen LogP contribution in [0.1, 0.15) is 44.3 Å². The van der Waals surface area contributed by atoms with Crippen LogP contribution in [0, 0.1) is 18.6 Å². The lowest BCUT2D eigenvalue weighted by Crippen LogP contribution is -2.38. The van der Waals surface area contributed by atoms with Crippen molar-refractivity contribution >= 4 is 23.3 Å². The van der Waals surface area contributed by atoms with Gasteiger partial charge in [-0.1, -0.05) is 12.1 Å². The number of likely N-dealkylation sites (N-methyl/N-ethyl adjacent to an activating group) is 1. The Balaban J connectivity index is 1.86. The van der Waals surface area contributed by atoms with Crippen LogP contribution in [-0.4, -0.2) is 59.2 Å². The molecule has 0 bridgehead atoms. The highest BCUT2D eigenvalue weighted by Gasteiger charge is 2.21. The van der Waals surface area contributed by atoms with Gasteiger partial charge >= 0.3 is 0 Å².